The first-order valence-corrected chi connectivity index (χ1v) is 9.18. The maximum absolute atomic E-state index is 13.9. The summed E-state index contributed by atoms with van der Waals surface area (Å²) in [5.41, 5.74) is 5.34. The summed E-state index contributed by atoms with van der Waals surface area (Å²) in [6.45, 7) is 3.36. The van der Waals surface area contributed by atoms with Gasteiger partial charge in [-0.1, -0.05) is 30.4 Å². The van der Waals surface area contributed by atoms with Gasteiger partial charge in [0.15, 0.2) is 0 Å². The number of piperidine rings is 1. The fourth-order valence-electron chi connectivity index (χ4n) is 4.39. The van der Waals surface area contributed by atoms with Gasteiger partial charge in [0.1, 0.15) is 11.6 Å². The second-order valence-corrected chi connectivity index (χ2v) is 7.34. The number of nitrogens with zero attached hydrogens (tertiary/aromatic N) is 1. The summed E-state index contributed by atoms with van der Waals surface area (Å²) in [6, 6.07) is 9.94. The standard InChI is InChI=1S/C22H20F2N2/c23-17-7-6-14(20(24)12-17)4-5-15-2-1-3-18-19-13-26-10-8-16(9-11-26)22(19)25-21(15)18/h1-7,12,16,25H,8-11,13H2/b5-4+. The molecule has 0 atom stereocenters. The highest BCUT2D eigenvalue weighted by molar-refractivity contribution is 5.93. The molecule has 3 aliphatic rings. The third-order valence-electron chi connectivity index (χ3n) is 5.79. The maximum atomic E-state index is 13.9. The van der Waals surface area contributed by atoms with Gasteiger partial charge < -0.3 is 4.98 Å². The van der Waals surface area contributed by atoms with Crippen LogP contribution < -0.4 is 0 Å². The van der Waals surface area contributed by atoms with E-state index in [1.54, 1.807) is 6.08 Å². The molecule has 1 fully saturated rings. The number of nitrogens with one attached hydrogen (secondary N) is 1. The average molecular weight is 350 g/mol. The van der Waals surface area contributed by atoms with Crippen LogP contribution in [0, 0.1) is 11.6 Å². The number of rotatable bonds is 2. The zero-order chi connectivity index (χ0) is 17.7. The van der Waals surface area contributed by atoms with E-state index in [-0.39, 0.29) is 0 Å². The number of halogens is 2. The third kappa shape index (κ3) is 2.56. The van der Waals surface area contributed by atoms with E-state index in [4.69, 9.17) is 0 Å². The highest BCUT2D eigenvalue weighted by Crippen LogP contribution is 2.39. The predicted molar refractivity (Wildman–Crippen MR) is 101 cm³/mol. The molecule has 26 heavy (non-hydrogen) atoms. The highest BCUT2D eigenvalue weighted by atomic mass is 19.1. The number of aromatic nitrogens is 1. The van der Waals surface area contributed by atoms with Crippen molar-refractivity contribution in [2.75, 3.05) is 13.1 Å². The summed E-state index contributed by atoms with van der Waals surface area (Å²) >= 11 is 0. The number of H-pyrrole nitrogens is 1. The molecule has 0 spiro atoms. The van der Waals surface area contributed by atoms with Crippen LogP contribution in [0.1, 0.15) is 41.1 Å². The van der Waals surface area contributed by atoms with Crippen LogP contribution in [-0.2, 0) is 6.54 Å². The molecule has 2 bridgehead atoms. The molecule has 0 unspecified atom stereocenters. The number of benzene rings is 2. The molecule has 1 saturated heterocycles. The van der Waals surface area contributed by atoms with E-state index >= 15 is 0 Å². The van der Waals surface area contributed by atoms with Gasteiger partial charge in [-0.15, -0.1) is 0 Å². The van der Waals surface area contributed by atoms with Gasteiger partial charge in [-0.2, -0.15) is 0 Å². The number of para-hydroxylation sites is 1. The van der Waals surface area contributed by atoms with Crippen molar-refractivity contribution in [2.24, 2.45) is 0 Å². The Kier molecular flexibility index (Phi) is 3.68. The Hall–Kier alpha value is -2.46. The summed E-state index contributed by atoms with van der Waals surface area (Å²) in [6.07, 6.45) is 6.05. The zero-order valence-corrected chi connectivity index (χ0v) is 14.4. The summed E-state index contributed by atoms with van der Waals surface area (Å²) in [5.74, 6) is -0.483. The Balaban J connectivity index is 1.58. The molecule has 3 aliphatic heterocycles. The van der Waals surface area contributed by atoms with Gasteiger partial charge in [0.2, 0.25) is 0 Å². The molecule has 2 nitrogen and oxygen atoms in total. The van der Waals surface area contributed by atoms with E-state index < -0.39 is 11.6 Å². The van der Waals surface area contributed by atoms with Crippen LogP contribution in [0.5, 0.6) is 0 Å². The molecule has 0 amide bonds. The number of hydrogen-bond donors (Lipinski definition) is 1. The molecule has 0 aliphatic carbocycles. The Labute approximate surface area is 151 Å². The maximum Gasteiger partial charge on any atom is 0.133 e. The van der Waals surface area contributed by atoms with E-state index in [1.165, 1.54) is 54.7 Å². The first-order valence-electron chi connectivity index (χ1n) is 9.18. The Morgan fingerprint density at radius 2 is 1.81 bits per heavy atom. The smallest absolute Gasteiger partial charge is 0.133 e. The van der Waals surface area contributed by atoms with Crippen molar-refractivity contribution in [2.45, 2.75) is 25.3 Å². The minimum atomic E-state index is -0.556. The Morgan fingerprint density at radius 1 is 1.00 bits per heavy atom. The largest absolute Gasteiger partial charge is 0.357 e. The monoisotopic (exact) mass is 350 g/mol. The molecule has 3 aromatic rings. The number of fused-ring (bicyclic) bond motifs is 3. The van der Waals surface area contributed by atoms with Crippen molar-refractivity contribution >= 4 is 23.1 Å². The normalized spacial score (nSPS) is 22.1. The van der Waals surface area contributed by atoms with Crippen LogP contribution in [0.15, 0.2) is 36.4 Å². The molecule has 0 radical (unpaired) electrons. The zero-order valence-electron chi connectivity index (χ0n) is 14.4. The quantitative estimate of drug-likeness (QED) is 0.621. The third-order valence-corrected chi connectivity index (χ3v) is 5.79. The van der Waals surface area contributed by atoms with Crippen LogP contribution >= 0.6 is 0 Å². The van der Waals surface area contributed by atoms with E-state index in [0.29, 0.717) is 11.5 Å². The molecule has 4 heteroatoms. The van der Waals surface area contributed by atoms with E-state index in [1.807, 2.05) is 12.1 Å². The summed E-state index contributed by atoms with van der Waals surface area (Å²) < 4.78 is 27.0. The van der Waals surface area contributed by atoms with Crippen LogP contribution in [-0.4, -0.2) is 23.0 Å². The molecular weight excluding hydrogens is 330 g/mol. The molecular formula is C22H20F2N2. The fraction of sp³-hybridized carbons (Fsp3) is 0.273. The minimum Gasteiger partial charge on any atom is -0.357 e. The van der Waals surface area contributed by atoms with Crippen molar-refractivity contribution in [3.05, 3.63) is 70.4 Å². The van der Waals surface area contributed by atoms with Crippen molar-refractivity contribution in [3.8, 4) is 0 Å². The van der Waals surface area contributed by atoms with Crippen molar-refractivity contribution in [3.63, 3.8) is 0 Å². The summed E-state index contributed by atoms with van der Waals surface area (Å²) in [4.78, 5) is 6.21. The van der Waals surface area contributed by atoms with Gasteiger partial charge in [-0.25, -0.2) is 8.78 Å². The first-order chi connectivity index (χ1) is 12.7. The molecule has 0 saturated carbocycles. The van der Waals surface area contributed by atoms with Crippen molar-refractivity contribution < 1.29 is 8.78 Å². The van der Waals surface area contributed by atoms with E-state index in [9.17, 15) is 8.78 Å². The van der Waals surface area contributed by atoms with Crippen LogP contribution in [0.2, 0.25) is 0 Å². The van der Waals surface area contributed by atoms with Gasteiger partial charge in [0.05, 0.1) is 5.52 Å². The van der Waals surface area contributed by atoms with Gasteiger partial charge in [0.25, 0.3) is 0 Å². The van der Waals surface area contributed by atoms with Gasteiger partial charge in [-0.05, 0) is 49.2 Å². The number of aromatic amines is 1. The Morgan fingerprint density at radius 3 is 2.62 bits per heavy atom. The second-order valence-electron chi connectivity index (χ2n) is 7.34. The number of hydrogen-bond acceptors (Lipinski definition) is 1. The fourth-order valence-corrected chi connectivity index (χ4v) is 4.39. The lowest BCUT2D eigenvalue weighted by Gasteiger charge is -2.26. The van der Waals surface area contributed by atoms with Crippen LogP contribution in [0.3, 0.4) is 0 Å². The SMILES string of the molecule is Fc1ccc(/C=C/c2cccc3c4c([nH]c23)C2CCN(CC2)C4)c(F)c1. The molecule has 132 valence electrons. The second kappa shape index (κ2) is 6.06. The lowest BCUT2D eigenvalue weighted by molar-refractivity contribution is 0.220. The first kappa shape index (κ1) is 15.8. The lowest BCUT2D eigenvalue weighted by atomic mass is 9.94. The van der Waals surface area contributed by atoms with Crippen molar-refractivity contribution in [1.29, 1.82) is 0 Å². The molecule has 1 aromatic heterocycles. The van der Waals surface area contributed by atoms with Crippen LogP contribution in [0.4, 0.5) is 8.78 Å². The van der Waals surface area contributed by atoms with Gasteiger partial charge >= 0.3 is 0 Å². The topological polar surface area (TPSA) is 19.0 Å². The van der Waals surface area contributed by atoms with Gasteiger partial charge in [-0.3, -0.25) is 4.90 Å². The molecule has 6 rings (SSSR count). The van der Waals surface area contributed by atoms with E-state index in [0.717, 1.165) is 23.7 Å². The minimum absolute atomic E-state index is 0.390. The van der Waals surface area contributed by atoms with Crippen LogP contribution in [0.25, 0.3) is 23.1 Å². The molecule has 4 heterocycles. The highest BCUT2D eigenvalue weighted by Gasteiger charge is 2.30. The van der Waals surface area contributed by atoms with E-state index in [2.05, 4.69) is 22.0 Å². The summed E-state index contributed by atoms with van der Waals surface area (Å²) in [5, 5.41) is 1.26. The lowest BCUT2D eigenvalue weighted by Crippen LogP contribution is -2.29. The molecule has 2 aromatic carbocycles. The predicted octanol–water partition coefficient (Wildman–Crippen LogP) is 5.31. The van der Waals surface area contributed by atoms with Crippen molar-refractivity contribution in [1.82, 2.24) is 9.88 Å². The summed E-state index contributed by atoms with van der Waals surface area (Å²) in [7, 11) is 0. The Bertz CT molecular complexity index is 1010. The average Bonchev–Trinajstić information content (AvgIpc) is 2.82. The molecule has 1 N–H and O–H groups in total. The van der Waals surface area contributed by atoms with Gasteiger partial charge in [0, 0.05) is 35.2 Å².